The Morgan fingerprint density at radius 1 is 1.43 bits per heavy atom. The highest BCUT2D eigenvalue weighted by Crippen LogP contribution is 2.28. The van der Waals surface area contributed by atoms with Crippen molar-refractivity contribution in [2.45, 2.75) is 32.6 Å². The van der Waals surface area contributed by atoms with Crippen LogP contribution in [0.1, 0.15) is 32.6 Å². The van der Waals surface area contributed by atoms with E-state index in [1.54, 1.807) is 0 Å². The molecular formula is C6H15N. The van der Waals surface area contributed by atoms with Gasteiger partial charge in [-0.2, -0.15) is 0 Å². The first-order valence-electron chi connectivity index (χ1n) is 2.93. The molecule has 3 N–H and O–H groups in total. The minimum absolute atomic E-state index is 0. The van der Waals surface area contributed by atoms with Crippen molar-refractivity contribution in [1.82, 2.24) is 6.15 Å². The van der Waals surface area contributed by atoms with Gasteiger partial charge >= 0.3 is 0 Å². The summed E-state index contributed by atoms with van der Waals surface area (Å²) in [6.07, 6.45) is 5.94. The van der Waals surface area contributed by atoms with Gasteiger partial charge < -0.3 is 6.15 Å². The zero-order valence-corrected chi connectivity index (χ0v) is 5.11. The third kappa shape index (κ3) is 1.48. The van der Waals surface area contributed by atoms with Gasteiger partial charge in [0.2, 0.25) is 0 Å². The molecule has 1 nitrogen and oxygen atoms in total. The van der Waals surface area contributed by atoms with Crippen LogP contribution in [0.4, 0.5) is 0 Å². The Hall–Kier alpha value is -0.0400. The number of hydrogen-bond acceptors (Lipinski definition) is 1. The maximum Gasteiger partial charge on any atom is -0.0417 e. The highest BCUT2D eigenvalue weighted by atomic mass is 14.2. The molecule has 0 aromatic heterocycles. The Morgan fingerprint density at radius 2 is 2.00 bits per heavy atom. The van der Waals surface area contributed by atoms with E-state index in [2.05, 4.69) is 6.92 Å². The largest absolute Gasteiger partial charge is 0.344 e. The Kier molecular flexibility index (Phi) is 3.01. The number of hydrogen-bond donors (Lipinski definition) is 1. The predicted octanol–water partition coefficient (Wildman–Crippen LogP) is 2.36. The second-order valence-corrected chi connectivity index (χ2v) is 2.21. The van der Waals surface area contributed by atoms with Crippen molar-refractivity contribution in [3.05, 3.63) is 0 Å². The topological polar surface area (TPSA) is 35.0 Å². The van der Waals surface area contributed by atoms with Gasteiger partial charge in [-0.15, -0.1) is 0 Å². The molecule has 0 unspecified atom stereocenters. The second kappa shape index (κ2) is 3.03. The normalized spacial score (nSPS) is 20.1. The van der Waals surface area contributed by atoms with Crippen LogP contribution in [-0.2, 0) is 0 Å². The van der Waals surface area contributed by atoms with Crippen LogP contribution in [0.15, 0.2) is 0 Å². The van der Waals surface area contributed by atoms with Gasteiger partial charge in [-0.25, -0.2) is 0 Å². The lowest BCUT2D eigenvalue weighted by Crippen LogP contribution is -2.08. The Labute approximate surface area is 45.7 Å². The summed E-state index contributed by atoms with van der Waals surface area (Å²) in [5, 5.41) is 0. The van der Waals surface area contributed by atoms with Gasteiger partial charge in [-0.05, 0) is 5.92 Å². The fourth-order valence-electron chi connectivity index (χ4n) is 0.901. The third-order valence-corrected chi connectivity index (χ3v) is 1.80. The van der Waals surface area contributed by atoms with Gasteiger partial charge in [0.25, 0.3) is 0 Å². The van der Waals surface area contributed by atoms with Crippen LogP contribution < -0.4 is 6.15 Å². The third-order valence-electron chi connectivity index (χ3n) is 1.80. The summed E-state index contributed by atoms with van der Waals surface area (Å²) < 4.78 is 0. The molecule has 0 atom stereocenters. The Morgan fingerprint density at radius 3 is 2.00 bits per heavy atom. The van der Waals surface area contributed by atoms with Crippen LogP contribution in [0.2, 0.25) is 0 Å². The molecule has 0 saturated heterocycles. The van der Waals surface area contributed by atoms with Gasteiger partial charge in [0.05, 0.1) is 0 Å². The van der Waals surface area contributed by atoms with E-state index in [4.69, 9.17) is 0 Å². The summed E-state index contributed by atoms with van der Waals surface area (Å²) in [7, 11) is 0. The van der Waals surface area contributed by atoms with E-state index in [1.165, 1.54) is 25.7 Å². The first-order chi connectivity index (χ1) is 2.93. The zero-order valence-electron chi connectivity index (χ0n) is 5.11. The highest BCUT2D eigenvalue weighted by Gasteiger charge is 2.13. The number of rotatable bonds is 1. The van der Waals surface area contributed by atoms with Gasteiger partial charge in [-0.1, -0.05) is 32.6 Å². The molecule has 1 aliphatic carbocycles. The molecule has 0 amide bonds. The fourth-order valence-corrected chi connectivity index (χ4v) is 0.901. The van der Waals surface area contributed by atoms with Crippen molar-refractivity contribution in [2.75, 3.05) is 0 Å². The molecule has 1 fully saturated rings. The zero-order chi connectivity index (χ0) is 4.41. The molecule has 44 valence electrons. The first kappa shape index (κ1) is 6.96. The second-order valence-electron chi connectivity index (χ2n) is 2.21. The van der Waals surface area contributed by atoms with E-state index in [0.29, 0.717) is 0 Å². The monoisotopic (exact) mass is 101 g/mol. The van der Waals surface area contributed by atoms with E-state index in [9.17, 15) is 0 Å². The quantitative estimate of drug-likeness (QED) is 0.540. The molecule has 0 bridgehead atoms. The van der Waals surface area contributed by atoms with Gasteiger partial charge in [0, 0.05) is 0 Å². The molecule has 1 aliphatic rings. The van der Waals surface area contributed by atoms with E-state index in [0.717, 1.165) is 5.92 Å². The van der Waals surface area contributed by atoms with Crippen molar-refractivity contribution in [1.29, 1.82) is 0 Å². The summed E-state index contributed by atoms with van der Waals surface area (Å²) in [5.74, 6) is 1.12. The van der Waals surface area contributed by atoms with Gasteiger partial charge in [0.1, 0.15) is 0 Å². The van der Waals surface area contributed by atoms with Crippen molar-refractivity contribution in [3.63, 3.8) is 0 Å². The molecule has 0 heterocycles. The molecule has 0 aromatic rings. The molecule has 0 aliphatic heterocycles. The van der Waals surface area contributed by atoms with E-state index < -0.39 is 0 Å². The lowest BCUT2D eigenvalue weighted by Gasteiger charge is -2.22. The van der Waals surface area contributed by atoms with Crippen molar-refractivity contribution < 1.29 is 0 Å². The van der Waals surface area contributed by atoms with Gasteiger partial charge in [0.15, 0.2) is 0 Å². The van der Waals surface area contributed by atoms with Gasteiger partial charge in [-0.3, -0.25) is 0 Å². The highest BCUT2D eigenvalue weighted by molar-refractivity contribution is 4.66. The van der Waals surface area contributed by atoms with Crippen LogP contribution >= 0.6 is 0 Å². The van der Waals surface area contributed by atoms with Crippen molar-refractivity contribution in [3.8, 4) is 0 Å². The average Bonchev–Trinajstić information content (AvgIpc) is 1.31. The van der Waals surface area contributed by atoms with Crippen LogP contribution in [0.25, 0.3) is 0 Å². The van der Waals surface area contributed by atoms with Crippen LogP contribution in [0, 0.1) is 5.92 Å². The fraction of sp³-hybridized carbons (Fsp3) is 1.00. The molecule has 0 aromatic carbocycles. The van der Waals surface area contributed by atoms with E-state index in [1.807, 2.05) is 0 Å². The van der Waals surface area contributed by atoms with Crippen molar-refractivity contribution in [2.24, 2.45) is 5.92 Å². The lowest BCUT2D eigenvalue weighted by molar-refractivity contribution is 0.307. The summed E-state index contributed by atoms with van der Waals surface area (Å²) >= 11 is 0. The SMILES string of the molecule is CCC1CCC1.N. The summed E-state index contributed by atoms with van der Waals surface area (Å²) in [6, 6.07) is 0. The smallest absolute Gasteiger partial charge is 0.0417 e. The Balaban J connectivity index is 0.000000360. The molecule has 0 spiro atoms. The van der Waals surface area contributed by atoms with Crippen LogP contribution in [0.3, 0.4) is 0 Å². The standard InChI is InChI=1S/C6H12.H3N/c1-2-6-4-3-5-6;/h6H,2-5H2,1H3;1H3. The lowest BCUT2D eigenvalue weighted by atomic mass is 9.84. The summed E-state index contributed by atoms with van der Waals surface area (Å²) in [4.78, 5) is 0. The molecule has 1 saturated carbocycles. The molecule has 1 rings (SSSR count). The maximum absolute atomic E-state index is 2.28. The average molecular weight is 101 g/mol. The van der Waals surface area contributed by atoms with Crippen molar-refractivity contribution >= 4 is 0 Å². The van der Waals surface area contributed by atoms with E-state index >= 15 is 0 Å². The predicted molar refractivity (Wildman–Crippen MR) is 32.7 cm³/mol. The van der Waals surface area contributed by atoms with Crippen LogP contribution in [-0.4, -0.2) is 0 Å². The van der Waals surface area contributed by atoms with Crippen LogP contribution in [0.5, 0.6) is 0 Å². The van der Waals surface area contributed by atoms with E-state index in [-0.39, 0.29) is 6.15 Å². The summed E-state index contributed by atoms with van der Waals surface area (Å²) in [5.41, 5.74) is 0. The molecule has 1 heteroatoms. The molecule has 7 heavy (non-hydrogen) atoms. The minimum atomic E-state index is 0. The maximum atomic E-state index is 2.28. The Bertz CT molecular complexity index is 36.7. The molecule has 0 radical (unpaired) electrons. The minimum Gasteiger partial charge on any atom is -0.344 e. The summed E-state index contributed by atoms with van der Waals surface area (Å²) in [6.45, 7) is 2.28. The molecular weight excluding hydrogens is 86.1 g/mol. The first-order valence-corrected chi connectivity index (χ1v) is 2.93.